The summed E-state index contributed by atoms with van der Waals surface area (Å²) in [7, 11) is 8.60. The molecular formula is C25H31B4N3O5. The predicted octanol–water partition coefficient (Wildman–Crippen LogP) is -3.36. The maximum Gasteiger partial charge on any atom is 0.255 e. The van der Waals surface area contributed by atoms with Crippen LogP contribution in [0.5, 0.6) is 5.75 Å². The van der Waals surface area contributed by atoms with Crippen LogP contribution in [0.25, 0.3) is 0 Å². The van der Waals surface area contributed by atoms with Crippen LogP contribution in [0.3, 0.4) is 0 Å². The predicted molar refractivity (Wildman–Crippen MR) is 151 cm³/mol. The number of carbonyl (C=O) groups is 3. The number of fused-ring (bicyclic) bond motifs is 1. The molecule has 0 aromatic heterocycles. The van der Waals surface area contributed by atoms with E-state index in [-0.39, 0.29) is 30.8 Å². The van der Waals surface area contributed by atoms with E-state index in [0.717, 1.165) is 37.4 Å². The van der Waals surface area contributed by atoms with Gasteiger partial charge >= 0.3 is 0 Å². The van der Waals surface area contributed by atoms with Gasteiger partial charge in [-0.15, -0.1) is 0 Å². The first-order valence-electron chi connectivity index (χ1n) is 13.1. The smallest absolute Gasteiger partial charge is 0.255 e. The van der Waals surface area contributed by atoms with Crippen molar-refractivity contribution < 1.29 is 23.9 Å². The Hall–Kier alpha value is -2.97. The fourth-order valence-electron chi connectivity index (χ4n) is 5.98. The van der Waals surface area contributed by atoms with Gasteiger partial charge in [0, 0.05) is 36.6 Å². The molecular weight excluding hydrogens is 466 g/mol. The molecule has 0 radical (unpaired) electrons. The second kappa shape index (κ2) is 10.4. The number of carbonyl (C=O) groups excluding carboxylic acids is 3. The number of imide groups is 1. The van der Waals surface area contributed by atoms with E-state index < -0.39 is 11.9 Å². The number of rotatable bonds is 6. The highest BCUT2D eigenvalue weighted by Gasteiger charge is 2.40. The summed E-state index contributed by atoms with van der Waals surface area (Å²) in [5.41, 5.74) is 6.25. The molecule has 2 saturated heterocycles. The summed E-state index contributed by atoms with van der Waals surface area (Å²) in [5.74, 6) is 0.0607. The third kappa shape index (κ3) is 4.97. The molecule has 8 nitrogen and oxygen atoms in total. The molecule has 3 aliphatic heterocycles. The maximum absolute atomic E-state index is 13.1. The first-order valence-corrected chi connectivity index (χ1v) is 13.1. The molecule has 1 N–H and O–H groups in total. The van der Waals surface area contributed by atoms with Crippen LogP contribution in [-0.2, 0) is 20.9 Å². The van der Waals surface area contributed by atoms with E-state index in [4.69, 9.17) is 9.47 Å². The number of ether oxygens (including phenoxy) is 2. The standard InChI is InChI=1S/C25H31B4N3O5/c26-16-10-13(11-17(27)21(16)22(28)31-6-8-36-9-7-31)23(29)37-19-3-1-2-14-15(19)12-32(25(14)35)18-4-5-20(33)30-24(18)34/h1-3,10-11,18,22-23H,4-9,12,26-29H2,(H,30,33,34). The van der Waals surface area contributed by atoms with Crippen molar-refractivity contribution >= 4 is 60.0 Å². The summed E-state index contributed by atoms with van der Waals surface area (Å²) in [6.07, 6.45) is 0.570. The normalized spacial score (nSPS) is 21.9. The lowest BCUT2D eigenvalue weighted by atomic mass is 9.70. The summed E-state index contributed by atoms with van der Waals surface area (Å²) < 4.78 is 12.0. The van der Waals surface area contributed by atoms with Crippen molar-refractivity contribution in [1.82, 2.24) is 15.1 Å². The zero-order valence-electron chi connectivity index (χ0n) is 22.0. The molecule has 37 heavy (non-hydrogen) atoms. The van der Waals surface area contributed by atoms with Crippen molar-refractivity contribution in [3.8, 4) is 5.75 Å². The molecule has 12 heteroatoms. The van der Waals surface area contributed by atoms with E-state index in [1.807, 2.05) is 20.0 Å². The number of nitrogens with one attached hydrogen (secondary N) is 1. The second-order valence-corrected chi connectivity index (χ2v) is 10.3. The molecule has 0 aliphatic carbocycles. The fraction of sp³-hybridized carbons (Fsp3) is 0.400. The summed E-state index contributed by atoms with van der Waals surface area (Å²) >= 11 is 0. The summed E-state index contributed by atoms with van der Waals surface area (Å²) in [5, 5.41) is 2.35. The Morgan fingerprint density at radius 1 is 1.05 bits per heavy atom. The third-order valence-corrected chi connectivity index (χ3v) is 7.94. The Morgan fingerprint density at radius 2 is 1.76 bits per heavy atom. The fourth-order valence-corrected chi connectivity index (χ4v) is 5.98. The average molecular weight is 497 g/mol. The van der Waals surface area contributed by atoms with E-state index in [9.17, 15) is 14.4 Å². The van der Waals surface area contributed by atoms with Gasteiger partial charge in [0.15, 0.2) is 7.85 Å². The van der Waals surface area contributed by atoms with E-state index in [1.54, 1.807) is 11.0 Å². The molecule has 0 bridgehead atoms. The molecule has 2 fully saturated rings. The highest BCUT2D eigenvalue weighted by molar-refractivity contribution is 6.41. The van der Waals surface area contributed by atoms with Crippen molar-refractivity contribution in [2.75, 3.05) is 26.3 Å². The van der Waals surface area contributed by atoms with Gasteiger partial charge < -0.3 is 14.4 Å². The zero-order valence-corrected chi connectivity index (χ0v) is 22.0. The summed E-state index contributed by atoms with van der Waals surface area (Å²) in [6.45, 7) is 3.72. The topological polar surface area (TPSA) is 88.2 Å². The SMILES string of the molecule is Bc1cc(C(B)Oc2cccc3c2CN(C2CCC(=O)NC2=O)C3=O)cc(B)c1C(B)N1CCOCC1. The number of piperidine rings is 1. The van der Waals surface area contributed by atoms with E-state index in [0.29, 0.717) is 23.7 Å². The van der Waals surface area contributed by atoms with Gasteiger partial charge in [0.25, 0.3) is 5.91 Å². The van der Waals surface area contributed by atoms with Crippen LogP contribution in [0.2, 0.25) is 0 Å². The van der Waals surface area contributed by atoms with Gasteiger partial charge in [-0.3, -0.25) is 24.6 Å². The minimum atomic E-state index is -0.644. The molecule has 0 saturated carbocycles. The Morgan fingerprint density at radius 3 is 2.43 bits per heavy atom. The van der Waals surface area contributed by atoms with Crippen LogP contribution in [0, 0.1) is 0 Å². The number of hydrogen-bond donors (Lipinski definition) is 1. The Balaban J connectivity index is 1.34. The number of hydrogen-bond acceptors (Lipinski definition) is 6. The van der Waals surface area contributed by atoms with Gasteiger partial charge in [0.1, 0.15) is 35.3 Å². The van der Waals surface area contributed by atoms with Gasteiger partial charge in [-0.2, -0.15) is 0 Å². The third-order valence-electron chi connectivity index (χ3n) is 7.94. The Labute approximate surface area is 221 Å². The molecule has 3 amide bonds. The minimum Gasteiger partial charge on any atom is -0.495 e. The first-order chi connectivity index (χ1) is 17.7. The Kier molecular flexibility index (Phi) is 7.23. The molecule has 2 aromatic rings. The van der Waals surface area contributed by atoms with Crippen LogP contribution in [0.1, 0.15) is 51.8 Å². The molecule has 3 unspecified atom stereocenters. The van der Waals surface area contributed by atoms with Crippen LogP contribution in [0.4, 0.5) is 0 Å². The lowest BCUT2D eigenvalue weighted by molar-refractivity contribution is -0.136. The largest absolute Gasteiger partial charge is 0.495 e. The van der Waals surface area contributed by atoms with Crippen molar-refractivity contribution in [2.24, 2.45) is 0 Å². The van der Waals surface area contributed by atoms with Gasteiger partial charge in [0.05, 0.1) is 25.8 Å². The highest BCUT2D eigenvalue weighted by Crippen LogP contribution is 2.35. The highest BCUT2D eigenvalue weighted by atomic mass is 16.5. The number of amides is 3. The molecule has 188 valence electrons. The summed E-state index contributed by atoms with van der Waals surface area (Å²) in [6, 6.07) is 9.01. The summed E-state index contributed by atoms with van der Waals surface area (Å²) in [4.78, 5) is 41.1. The van der Waals surface area contributed by atoms with Crippen LogP contribution in [0.15, 0.2) is 30.3 Å². The van der Waals surface area contributed by atoms with E-state index in [1.165, 1.54) is 16.5 Å². The average Bonchev–Trinajstić information content (AvgIpc) is 3.21. The molecule has 3 heterocycles. The molecule has 0 spiro atoms. The molecule has 3 atom stereocenters. The van der Waals surface area contributed by atoms with E-state index >= 15 is 0 Å². The molecule has 5 rings (SSSR count). The first kappa shape index (κ1) is 25.7. The van der Waals surface area contributed by atoms with Crippen molar-refractivity contribution in [2.45, 2.75) is 37.4 Å². The number of benzene rings is 2. The lowest BCUT2D eigenvalue weighted by Crippen LogP contribution is -2.52. The van der Waals surface area contributed by atoms with Gasteiger partial charge in [-0.1, -0.05) is 34.7 Å². The van der Waals surface area contributed by atoms with Gasteiger partial charge in [-0.05, 0) is 24.1 Å². The van der Waals surface area contributed by atoms with E-state index in [2.05, 4.69) is 45.9 Å². The van der Waals surface area contributed by atoms with Crippen molar-refractivity contribution in [3.63, 3.8) is 0 Å². The number of morpholine rings is 1. The van der Waals surface area contributed by atoms with Gasteiger partial charge in [-0.25, -0.2) is 0 Å². The Bertz CT molecular complexity index is 1230. The van der Waals surface area contributed by atoms with Crippen LogP contribution < -0.4 is 21.0 Å². The lowest BCUT2D eigenvalue weighted by Gasteiger charge is -2.35. The minimum absolute atomic E-state index is 0.198. The monoisotopic (exact) mass is 497 g/mol. The van der Waals surface area contributed by atoms with Crippen molar-refractivity contribution in [3.05, 3.63) is 52.6 Å². The van der Waals surface area contributed by atoms with Crippen LogP contribution >= 0.6 is 0 Å². The molecule has 3 aliphatic rings. The number of nitrogens with zero attached hydrogens (tertiary/aromatic N) is 2. The molecule has 2 aromatic carbocycles. The quantitative estimate of drug-likeness (QED) is 0.332. The van der Waals surface area contributed by atoms with Gasteiger partial charge in [0.2, 0.25) is 11.8 Å². The zero-order chi connectivity index (χ0) is 26.3. The van der Waals surface area contributed by atoms with Crippen molar-refractivity contribution in [1.29, 1.82) is 0 Å². The second-order valence-electron chi connectivity index (χ2n) is 10.3. The maximum atomic E-state index is 13.1. The van der Waals surface area contributed by atoms with Crippen LogP contribution in [-0.4, -0.2) is 91.3 Å².